The van der Waals surface area contributed by atoms with E-state index in [9.17, 15) is 9.59 Å². The first-order chi connectivity index (χ1) is 10.2. The van der Waals surface area contributed by atoms with Crippen LogP contribution in [0.15, 0.2) is 42.5 Å². The molecule has 1 fully saturated rings. The number of rotatable bonds is 4. The van der Waals surface area contributed by atoms with Gasteiger partial charge in [-0.3, -0.25) is 9.59 Å². The summed E-state index contributed by atoms with van der Waals surface area (Å²) in [5.41, 5.74) is 0.903. The van der Waals surface area contributed by atoms with Crippen LogP contribution in [0, 0.1) is 11.8 Å². The molecule has 0 saturated carbocycles. The summed E-state index contributed by atoms with van der Waals surface area (Å²) >= 11 is 0. The first kappa shape index (κ1) is 13.8. The third-order valence-corrected chi connectivity index (χ3v) is 3.87. The molecule has 5 nitrogen and oxygen atoms in total. The van der Waals surface area contributed by atoms with Gasteiger partial charge in [0.25, 0.3) is 0 Å². The number of benzene rings is 1. The molecule has 0 aliphatic carbocycles. The van der Waals surface area contributed by atoms with Gasteiger partial charge in [-0.2, -0.15) is 0 Å². The smallest absolute Gasteiger partial charge is 0.313 e. The molecule has 2 aliphatic heterocycles. The van der Waals surface area contributed by atoms with Gasteiger partial charge in [0.2, 0.25) is 0 Å². The fraction of sp³-hybridized carbons (Fsp3) is 0.375. The normalized spacial score (nSPS) is 29.4. The van der Waals surface area contributed by atoms with Gasteiger partial charge in [0, 0.05) is 0 Å². The van der Waals surface area contributed by atoms with Gasteiger partial charge in [-0.1, -0.05) is 42.5 Å². The van der Waals surface area contributed by atoms with Crippen molar-refractivity contribution in [1.82, 2.24) is 0 Å². The largest absolute Gasteiger partial charge is 0.469 e. The van der Waals surface area contributed by atoms with Gasteiger partial charge in [-0.25, -0.2) is 0 Å². The summed E-state index contributed by atoms with van der Waals surface area (Å²) < 4.78 is 15.7. The maximum atomic E-state index is 12.3. The summed E-state index contributed by atoms with van der Waals surface area (Å²) in [6, 6.07) is 9.41. The number of methoxy groups -OCH3 is 1. The minimum absolute atomic E-state index is 0.186. The van der Waals surface area contributed by atoms with Crippen LogP contribution in [-0.4, -0.2) is 31.3 Å². The van der Waals surface area contributed by atoms with Crippen molar-refractivity contribution in [2.24, 2.45) is 11.8 Å². The second-order valence-corrected chi connectivity index (χ2v) is 5.12. The monoisotopic (exact) mass is 288 g/mol. The minimum atomic E-state index is -0.629. The highest BCUT2D eigenvalue weighted by atomic mass is 16.6. The topological polar surface area (TPSA) is 61.8 Å². The van der Waals surface area contributed by atoms with E-state index in [4.69, 9.17) is 14.2 Å². The predicted molar refractivity (Wildman–Crippen MR) is 73.0 cm³/mol. The SMILES string of the molecule is COC(=O)[C@H]1[C@@H](C(=O)OCc2ccccc2)[C@@H]2C=C[C@H]1O2. The van der Waals surface area contributed by atoms with Crippen molar-refractivity contribution in [2.45, 2.75) is 18.8 Å². The van der Waals surface area contributed by atoms with E-state index in [1.54, 1.807) is 12.2 Å². The number of hydrogen-bond acceptors (Lipinski definition) is 5. The second kappa shape index (κ2) is 5.69. The zero-order chi connectivity index (χ0) is 14.8. The Balaban J connectivity index is 1.68. The molecule has 4 atom stereocenters. The number of carbonyl (C=O) groups excluding carboxylic acids is 2. The Morgan fingerprint density at radius 2 is 1.67 bits per heavy atom. The molecule has 21 heavy (non-hydrogen) atoms. The van der Waals surface area contributed by atoms with Crippen molar-refractivity contribution in [2.75, 3.05) is 7.11 Å². The lowest BCUT2D eigenvalue weighted by atomic mass is 9.83. The van der Waals surface area contributed by atoms with Crippen LogP contribution in [0.4, 0.5) is 0 Å². The highest BCUT2D eigenvalue weighted by molar-refractivity contribution is 5.85. The molecule has 0 amide bonds. The molecule has 0 unspecified atom stereocenters. The van der Waals surface area contributed by atoms with E-state index >= 15 is 0 Å². The Bertz CT molecular complexity index is 565. The van der Waals surface area contributed by atoms with Crippen molar-refractivity contribution in [3.8, 4) is 0 Å². The third-order valence-electron chi connectivity index (χ3n) is 3.87. The summed E-state index contributed by atoms with van der Waals surface area (Å²) in [5.74, 6) is -2.11. The molecule has 2 heterocycles. The van der Waals surface area contributed by atoms with Crippen LogP contribution >= 0.6 is 0 Å². The van der Waals surface area contributed by atoms with E-state index in [1.165, 1.54) is 7.11 Å². The fourth-order valence-corrected chi connectivity index (χ4v) is 2.83. The first-order valence-corrected chi connectivity index (χ1v) is 6.83. The van der Waals surface area contributed by atoms with Gasteiger partial charge in [-0.05, 0) is 5.56 Å². The third kappa shape index (κ3) is 2.56. The van der Waals surface area contributed by atoms with Gasteiger partial charge in [-0.15, -0.1) is 0 Å². The molecule has 0 aromatic heterocycles. The Morgan fingerprint density at radius 3 is 2.29 bits per heavy atom. The summed E-state index contributed by atoms with van der Waals surface area (Å²) in [7, 11) is 1.31. The van der Waals surface area contributed by atoms with E-state index in [2.05, 4.69) is 0 Å². The standard InChI is InChI=1S/C16H16O5/c1-19-15(17)13-11-7-8-12(21-11)14(13)16(18)20-9-10-5-3-2-4-6-10/h2-8,11-14H,9H2,1H3/t11-,12+,13-,14+/m1/s1. The molecule has 2 bridgehead atoms. The second-order valence-electron chi connectivity index (χ2n) is 5.12. The van der Waals surface area contributed by atoms with Crippen molar-refractivity contribution in [3.63, 3.8) is 0 Å². The minimum Gasteiger partial charge on any atom is -0.469 e. The quantitative estimate of drug-likeness (QED) is 0.620. The molecule has 0 N–H and O–H groups in total. The van der Waals surface area contributed by atoms with E-state index in [-0.39, 0.29) is 6.61 Å². The number of carbonyl (C=O) groups is 2. The zero-order valence-corrected chi connectivity index (χ0v) is 11.6. The van der Waals surface area contributed by atoms with Crippen LogP contribution in [0.3, 0.4) is 0 Å². The number of fused-ring (bicyclic) bond motifs is 2. The predicted octanol–water partition coefficient (Wildman–Crippen LogP) is 1.47. The van der Waals surface area contributed by atoms with Crippen LogP contribution in [0.1, 0.15) is 5.56 Å². The molecule has 3 rings (SSSR count). The van der Waals surface area contributed by atoms with E-state index in [1.807, 2.05) is 30.3 Å². The highest BCUT2D eigenvalue weighted by Gasteiger charge is 2.54. The van der Waals surface area contributed by atoms with Gasteiger partial charge in [0.1, 0.15) is 18.4 Å². The summed E-state index contributed by atoms with van der Waals surface area (Å²) in [4.78, 5) is 24.1. The lowest BCUT2D eigenvalue weighted by Gasteiger charge is -2.21. The molecule has 2 aliphatic rings. The number of esters is 2. The van der Waals surface area contributed by atoms with Gasteiger partial charge in [0.15, 0.2) is 0 Å². The molecule has 1 saturated heterocycles. The van der Waals surface area contributed by atoms with Crippen molar-refractivity contribution in [1.29, 1.82) is 0 Å². The molecule has 5 heteroatoms. The zero-order valence-electron chi connectivity index (χ0n) is 11.6. The lowest BCUT2D eigenvalue weighted by molar-refractivity contribution is -0.159. The molecular formula is C16H16O5. The average Bonchev–Trinajstić information content (AvgIpc) is 3.13. The highest BCUT2D eigenvalue weighted by Crippen LogP contribution is 2.40. The van der Waals surface area contributed by atoms with Crippen LogP contribution in [-0.2, 0) is 30.4 Å². The first-order valence-electron chi connectivity index (χ1n) is 6.83. The molecule has 1 aromatic carbocycles. The van der Waals surface area contributed by atoms with E-state index in [0.717, 1.165) is 5.56 Å². The summed E-state index contributed by atoms with van der Waals surface area (Å²) in [6.45, 7) is 0.186. The average molecular weight is 288 g/mol. The van der Waals surface area contributed by atoms with Gasteiger partial charge < -0.3 is 14.2 Å². The van der Waals surface area contributed by atoms with Crippen LogP contribution in [0.2, 0.25) is 0 Å². The van der Waals surface area contributed by atoms with Gasteiger partial charge >= 0.3 is 11.9 Å². The number of hydrogen-bond donors (Lipinski definition) is 0. The summed E-state index contributed by atoms with van der Waals surface area (Å²) in [6.07, 6.45) is 2.81. The van der Waals surface area contributed by atoms with E-state index in [0.29, 0.717) is 0 Å². The lowest BCUT2D eigenvalue weighted by Crippen LogP contribution is -2.37. The maximum absolute atomic E-state index is 12.3. The molecule has 110 valence electrons. The Labute approximate surface area is 122 Å². The Kier molecular flexibility index (Phi) is 3.75. The van der Waals surface area contributed by atoms with E-state index < -0.39 is 36.0 Å². The Morgan fingerprint density at radius 1 is 1.05 bits per heavy atom. The number of ether oxygens (including phenoxy) is 3. The van der Waals surface area contributed by atoms with Crippen molar-refractivity contribution < 1.29 is 23.8 Å². The molecule has 0 spiro atoms. The van der Waals surface area contributed by atoms with Crippen LogP contribution in [0.25, 0.3) is 0 Å². The van der Waals surface area contributed by atoms with Crippen molar-refractivity contribution >= 4 is 11.9 Å². The fourth-order valence-electron chi connectivity index (χ4n) is 2.83. The van der Waals surface area contributed by atoms with Crippen molar-refractivity contribution in [3.05, 3.63) is 48.0 Å². The van der Waals surface area contributed by atoms with Crippen LogP contribution in [0.5, 0.6) is 0 Å². The molecular weight excluding hydrogens is 272 g/mol. The summed E-state index contributed by atoms with van der Waals surface area (Å²) in [5, 5.41) is 0. The maximum Gasteiger partial charge on any atom is 0.313 e. The molecule has 0 radical (unpaired) electrons. The molecule has 1 aromatic rings. The van der Waals surface area contributed by atoms with Crippen LogP contribution < -0.4 is 0 Å². The van der Waals surface area contributed by atoms with Gasteiger partial charge in [0.05, 0.1) is 19.3 Å². The Hall–Kier alpha value is -2.14.